The molecule has 5 nitrogen and oxygen atoms in total. The van der Waals surface area contributed by atoms with Crippen molar-refractivity contribution >= 4 is 29.2 Å². The molecule has 1 amide bonds. The normalized spacial score (nSPS) is 14.8. The van der Waals surface area contributed by atoms with Crippen molar-refractivity contribution in [2.24, 2.45) is 0 Å². The molecule has 2 N–H and O–H groups in total. The monoisotopic (exact) mass is 359 g/mol. The van der Waals surface area contributed by atoms with Crippen LogP contribution in [0.4, 0.5) is 5.69 Å². The molecule has 0 unspecified atom stereocenters. The minimum absolute atomic E-state index is 0.112. The fourth-order valence-corrected chi connectivity index (χ4v) is 3.06. The number of amides is 1. The van der Waals surface area contributed by atoms with Crippen LogP contribution in [0.25, 0.3) is 0 Å². The van der Waals surface area contributed by atoms with Crippen LogP contribution in [0.15, 0.2) is 42.5 Å². The summed E-state index contributed by atoms with van der Waals surface area (Å²) in [6, 6.07) is 12.0. The Bertz CT molecular complexity index is 813. The Hall–Kier alpha value is -2.37. The average Bonchev–Trinajstić information content (AvgIpc) is 3.37. The Balaban J connectivity index is 1.85. The van der Waals surface area contributed by atoms with E-state index >= 15 is 0 Å². The van der Waals surface area contributed by atoms with E-state index in [0.717, 1.165) is 18.4 Å². The summed E-state index contributed by atoms with van der Waals surface area (Å²) in [6.07, 6.45) is 1.51. The lowest BCUT2D eigenvalue weighted by Crippen LogP contribution is -2.28. The highest BCUT2D eigenvalue weighted by Crippen LogP contribution is 2.49. The number of anilines is 1. The summed E-state index contributed by atoms with van der Waals surface area (Å²) < 4.78 is 5.06. The van der Waals surface area contributed by atoms with Gasteiger partial charge in [-0.2, -0.15) is 0 Å². The molecule has 0 spiro atoms. The largest absolute Gasteiger partial charge is 0.478 e. The van der Waals surface area contributed by atoms with Gasteiger partial charge in [0.2, 0.25) is 5.91 Å². The van der Waals surface area contributed by atoms with Gasteiger partial charge in [-0.15, -0.1) is 0 Å². The van der Waals surface area contributed by atoms with Crippen LogP contribution in [0.2, 0.25) is 5.02 Å². The van der Waals surface area contributed by atoms with Gasteiger partial charge in [0, 0.05) is 17.8 Å². The molecule has 2 aromatic carbocycles. The van der Waals surface area contributed by atoms with Crippen molar-refractivity contribution in [3.63, 3.8) is 0 Å². The molecule has 3 rings (SSSR count). The first kappa shape index (κ1) is 17.5. The Morgan fingerprint density at radius 1 is 1.20 bits per heavy atom. The second-order valence-electron chi connectivity index (χ2n) is 6.20. The van der Waals surface area contributed by atoms with Gasteiger partial charge in [0.1, 0.15) is 0 Å². The molecule has 0 aromatic heterocycles. The van der Waals surface area contributed by atoms with E-state index in [9.17, 15) is 14.7 Å². The number of carbonyl (C=O) groups is 2. The van der Waals surface area contributed by atoms with E-state index in [1.54, 1.807) is 18.2 Å². The van der Waals surface area contributed by atoms with Gasteiger partial charge in [-0.25, -0.2) is 4.79 Å². The summed E-state index contributed by atoms with van der Waals surface area (Å²) in [5, 5.41) is 12.7. The molecule has 25 heavy (non-hydrogen) atoms. The summed E-state index contributed by atoms with van der Waals surface area (Å²) in [4.78, 5) is 24.1. The summed E-state index contributed by atoms with van der Waals surface area (Å²) in [6.45, 7) is 0.270. The van der Waals surface area contributed by atoms with Crippen LogP contribution in [0.5, 0.6) is 0 Å². The van der Waals surface area contributed by atoms with Crippen molar-refractivity contribution in [2.75, 3.05) is 12.4 Å². The number of carboxylic acid groups (broad SMARTS) is 1. The van der Waals surface area contributed by atoms with Crippen LogP contribution in [0.1, 0.15) is 34.3 Å². The number of carbonyl (C=O) groups excluding carboxylic acids is 1. The molecule has 0 atom stereocenters. The molecule has 2 aromatic rings. The molecule has 6 heteroatoms. The second kappa shape index (κ2) is 6.86. The maximum Gasteiger partial charge on any atom is 0.335 e. The molecule has 1 aliphatic rings. The Labute approximate surface area is 150 Å². The lowest BCUT2D eigenvalue weighted by atomic mass is 9.95. The molecule has 130 valence electrons. The van der Waals surface area contributed by atoms with Crippen molar-refractivity contribution in [1.29, 1.82) is 0 Å². The first-order chi connectivity index (χ1) is 11.9. The minimum Gasteiger partial charge on any atom is -0.478 e. The number of carboxylic acids is 1. The Kier molecular flexibility index (Phi) is 4.79. The van der Waals surface area contributed by atoms with Crippen molar-refractivity contribution in [2.45, 2.75) is 24.9 Å². The van der Waals surface area contributed by atoms with Crippen molar-refractivity contribution in [3.8, 4) is 0 Å². The SMILES string of the molecule is COCc1cc(NC(=O)C2(c3ccc(Cl)cc3)CC2)cc(C(=O)O)c1. The molecular weight excluding hydrogens is 342 g/mol. The zero-order valence-electron chi connectivity index (χ0n) is 13.7. The van der Waals surface area contributed by atoms with Gasteiger partial charge in [0.15, 0.2) is 0 Å². The fraction of sp³-hybridized carbons (Fsp3) is 0.263. The van der Waals surface area contributed by atoms with Crippen LogP contribution >= 0.6 is 11.6 Å². The van der Waals surface area contributed by atoms with Gasteiger partial charge in [-0.1, -0.05) is 23.7 Å². The second-order valence-corrected chi connectivity index (χ2v) is 6.64. The number of benzene rings is 2. The molecule has 0 heterocycles. The van der Waals surface area contributed by atoms with Crippen molar-refractivity contribution < 1.29 is 19.4 Å². The Morgan fingerprint density at radius 3 is 2.44 bits per heavy atom. The van der Waals surface area contributed by atoms with Gasteiger partial charge in [0.05, 0.1) is 17.6 Å². The first-order valence-electron chi connectivity index (χ1n) is 7.88. The van der Waals surface area contributed by atoms with E-state index in [2.05, 4.69) is 5.32 Å². The summed E-state index contributed by atoms with van der Waals surface area (Å²) in [5.41, 5.74) is 1.61. The summed E-state index contributed by atoms with van der Waals surface area (Å²) in [5.74, 6) is -1.19. The highest BCUT2D eigenvalue weighted by Gasteiger charge is 2.51. The number of aromatic carboxylic acids is 1. The van der Waals surface area contributed by atoms with Crippen LogP contribution in [-0.4, -0.2) is 24.1 Å². The van der Waals surface area contributed by atoms with Crippen LogP contribution in [0.3, 0.4) is 0 Å². The van der Waals surface area contributed by atoms with Crippen molar-refractivity contribution in [3.05, 3.63) is 64.2 Å². The molecule has 0 bridgehead atoms. The van der Waals surface area contributed by atoms with Gasteiger partial charge >= 0.3 is 5.97 Å². The number of halogens is 1. The third kappa shape index (κ3) is 3.67. The van der Waals surface area contributed by atoms with Crippen molar-refractivity contribution in [1.82, 2.24) is 0 Å². The zero-order valence-corrected chi connectivity index (χ0v) is 14.5. The van der Waals surface area contributed by atoms with E-state index in [1.807, 2.05) is 12.1 Å². The topological polar surface area (TPSA) is 75.6 Å². The van der Waals surface area contributed by atoms with E-state index in [-0.39, 0.29) is 18.1 Å². The van der Waals surface area contributed by atoms with E-state index in [4.69, 9.17) is 16.3 Å². The standard InChI is InChI=1S/C19H18ClNO4/c1-25-11-12-8-13(17(22)23)10-16(9-12)21-18(24)19(6-7-19)14-2-4-15(20)5-3-14/h2-5,8-10H,6-7,11H2,1H3,(H,21,24)(H,22,23). The number of rotatable bonds is 6. The highest BCUT2D eigenvalue weighted by molar-refractivity contribution is 6.30. The highest BCUT2D eigenvalue weighted by atomic mass is 35.5. The quantitative estimate of drug-likeness (QED) is 0.821. The molecule has 0 aliphatic heterocycles. The predicted octanol–water partition coefficient (Wildman–Crippen LogP) is 3.85. The van der Waals surface area contributed by atoms with Gasteiger partial charge < -0.3 is 15.2 Å². The first-order valence-corrected chi connectivity index (χ1v) is 8.26. The summed E-state index contributed by atoms with van der Waals surface area (Å²) in [7, 11) is 1.53. The average molecular weight is 360 g/mol. The number of nitrogens with one attached hydrogen (secondary N) is 1. The number of methoxy groups -OCH3 is 1. The number of ether oxygens (including phenoxy) is 1. The van der Waals surface area contributed by atoms with Crippen LogP contribution < -0.4 is 5.32 Å². The maximum absolute atomic E-state index is 12.8. The van der Waals surface area contributed by atoms with E-state index in [1.165, 1.54) is 19.2 Å². The maximum atomic E-state index is 12.8. The molecule has 0 saturated heterocycles. The summed E-state index contributed by atoms with van der Waals surface area (Å²) >= 11 is 5.92. The third-order valence-corrected chi connectivity index (χ3v) is 4.64. The lowest BCUT2D eigenvalue weighted by molar-refractivity contribution is -0.118. The van der Waals surface area contributed by atoms with Crippen LogP contribution in [-0.2, 0) is 21.6 Å². The van der Waals surface area contributed by atoms with Gasteiger partial charge in [-0.3, -0.25) is 4.79 Å². The molecule has 1 fully saturated rings. The van der Waals surface area contributed by atoms with Gasteiger partial charge in [-0.05, 0) is 54.3 Å². The minimum atomic E-state index is -1.05. The molecule has 0 radical (unpaired) electrons. The Morgan fingerprint density at radius 2 is 1.88 bits per heavy atom. The van der Waals surface area contributed by atoms with E-state index in [0.29, 0.717) is 16.3 Å². The van der Waals surface area contributed by atoms with E-state index < -0.39 is 11.4 Å². The number of hydrogen-bond donors (Lipinski definition) is 2. The third-order valence-electron chi connectivity index (χ3n) is 4.39. The van der Waals surface area contributed by atoms with Gasteiger partial charge in [0.25, 0.3) is 0 Å². The zero-order chi connectivity index (χ0) is 18.0. The lowest BCUT2D eigenvalue weighted by Gasteiger charge is -2.17. The molecular formula is C19H18ClNO4. The van der Waals surface area contributed by atoms with Crippen LogP contribution in [0, 0.1) is 0 Å². The smallest absolute Gasteiger partial charge is 0.335 e. The predicted molar refractivity (Wildman–Crippen MR) is 95.1 cm³/mol. The number of hydrogen-bond acceptors (Lipinski definition) is 3. The molecule has 1 saturated carbocycles. The fourth-order valence-electron chi connectivity index (χ4n) is 2.93. The molecule has 1 aliphatic carbocycles.